The van der Waals surface area contributed by atoms with Crippen LogP contribution in [0.5, 0.6) is 0 Å². The summed E-state index contributed by atoms with van der Waals surface area (Å²) in [7, 11) is 0. The predicted octanol–water partition coefficient (Wildman–Crippen LogP) is 2.61. The van der Waals surface area contributed by atoms with Crippen molar-refractivity contribution in [1.29, 1.82) is 0 Å². The fourth-order valence-electron chi connectivity index (χ4n) is 3.47. The molecular formula is C13H18ClF2NO2. The number of alkyl halides is 3. The lowest BCUT2D eigenvalue weighted by Gasteiger charge is -2.47. The minimum atomic E-state index is -3.05. The van der Waals surface area contributed by atoms with Crippen molar-refractivity contribution < 1.29 is 18.4 Å². The molecule has 2 aliphatic rings. The van der Waals surface area contributed by atoms with Crippen molar-refractivity contribution in [3.63, 3.8) is 0 Å². The van der Waals surface area contributed by atoms with Crippen LogP contribution in [-0.2, 0) is 9.59 Å². The minimum Gasteiger partial charge on any atom is -0.324 e. The Morgan fingerprint density at radius 2 is 1.84 bits per heavy atom. The average molecular weight is 294 g/mol. The highest BCUT2D eigenvalue weighted by Crippen LogP contribution is 2.38. The minimum absolute atomic E-state index is 0.207. The number of likely N-dealkylation sites (tertiary alicyclic amines) is 1. The number of hydrogen-bond acceptors (Lipinski definition) is 2. The molecule has 1 saturated heterocycles. The molecule has 3 atom stereocenters. The van der Waals surface area contributed by atoms with Gasteiger partial charge in [0, 0.05) is 6.04 Å². The molecule has 2 rings (SSSR count). The zero-order chi connectivity index (χ0) is 14.0. The summed E-state index contributed by atoms with van der Waals surface area (Å²) in [5.74, 6) is -1.50. The number of piperidine rings is 1. The van der Waals surface area contributed by atoms with E-state index in [0.717, 1.165) is 37.0 Å². The van der Waals surface area contributed by atoms with E-state index in [1.807, 2.05) is 0 Å². The van der Waals surface area contributed by atoms with E-state index in [2.05, 4.69) is 0 Å². The summed E-state index contributed by atoms with van der Waals surface area (Å²) in [6, 6.07) is -0.959. The summed E-state index contributed by atoms with van der Waals surface area (Å²) in [6.45, 7) is 0. The van der Waals surface area contributed by atoms with Gasteiger partial charge in [0.25, 0.3) is 5.91 Å². The number of amides is 1. The van der Waals surface area contributed by atoms with Crippen molar-refractivity contribution in [3.8, 4) is 0 Å². The Morgan fingerprint density at radius 1 is 1.16 bits per heavy atom. The maximum Gasteiger partial charge on any atom is 0.315 e. The normalized spacial score (nSPS) is 31.2. The molecule has 19 heavy (non-hydrogen) atoms. The molecule has 1 aliphatic carbocycles. The van der Waals surface area contributed by atoms with Gasteiger partial charge in [0.1, 0.15) is 0 Å². The Hall–Kier alpha value is -0.710. The number of carbonyl (C=O) groups is 2. The van der Waals surface area contributed by atoms with E-state index in [-0.39, 0.29) is 23.6 Å². The Labute approximate surface area is 116 Å². The van der Waals surface area contributed by atoms with E-state index in [4.69, 9.17) is 11.6 Å². The number of nitrogens with zero attached hydrogens (tertiary/aromatic N) is 1. The zero-order valence-electron chi connectivity index (χ0n) is 10.7. The molecule has 6 heteroatoms. The van der Waals surface area contributed by atoms with Gasteiger partial charge in [-0.2, -0.15) is 8.78 Å². The van der Waals surface area contributed by atoms with E-state index >= 15 is 0 Å². The SMILES string of the molecule is O=C(CCl)C1CCC2CCCCC2N1C(=O)C(F)F. The van der Waals surface area contributed by atoms with Gasteiger partial charge in [-0.05, 0) is 31.6 Å². The van der Waals surface area contributed by atoms with Crippen molar-refractivity contribution >= 4 is 23.3 Å². The third-order valence-corrected chi connectivity index (χ3v) is 4.58. The first-order valence-electron chi connectivity index (χ1n) is 6.75. The number of carbonyl (C=O) groups excluding carboxylic acids is 2. The van der Waals surface area contributed by atoms with Crippen molar-refractivity contribution in [2.45, 2.75) is 57.0 Å². The maximum atomic E-state index is 12.8. The largest absolute Gasteiger partial charge is 0.324 e. The highest BCUT2D eigenvalue weighted by atomic mass is 35.5. The Balaban J connectivity index is 2.24. The second-order valence-corrected chi connectivity index (χ2v) is 5.62. The lowest BCUT2D eigenvalue weighted by atomic mass is 9.75. The lowest BCUT2D eigenvalue weighted by molar-refractivity contribution is -0.157. The smallest absolute Gasteiger partial charge is 0.315 e. The number of Topliss-reactive ketones (excluding diaryl/α,β-unsaturated/α-hetero) is 1. The number of ketones is 1. The molecule has 3 unspecified atom stereocenters. The molecule has 2 fully saturated rings. The first-order chi connectivity index (χ1) is 9.06. The summed E-state index contributed by atoms with van der Waals surface area (Å²) < 4.78 is 25.6. The molecule has 0 aromatic rings. The molecule has 1 heterocycles. The van der Waals surface area contributed by atoms with Gasteiger partial charge in [0.2, 0.25) is 0 Å². The number of hydrogen-bond donors (Lipinski definition) is 0. The molecular weight excluding hydrogens is 276 g/mol. The van der Waals surface area contributed by atoms with Gasteiger partial charge in [-0.3, -0.25) is 9.59 Å². The highest BCUT2D eigenvalue weighted by Gasteiger charge is 2.45. The van der Waals surface area contributed by atoms with Crippen LogP contribution < -0.4 is 0 Å². The van der Waals surface area contributed by atoms with E-state index in [1.54, 1.807) is 0 Å². The lowest BCUT2D eigenvalue weighted by Crippen LogP contribution is -2.59. The van der Waals surface area contributed by atoms with E-state index < -0.39 is 18.4 Å². The van der Waals surface area contributed by atoms with Crippen LogP contribution in [0, 0.1) is 5.92 Å². The molecule has 1 aliphatic heterocycles. The average Bonchev–Trinajstić information content (AvgIpc) is 2.44. The van der Waals surface area contributed by atoms with Crippen molar-refractivity contribution in [1.82, 2.24) is 4.90 Å². The molecule has 0 spiro atoms. The summed E-state index contributed by atoms with van der Waals surface area (Å²) in [5.41, 5.74) is 0. The summed E-state index contributed by atoms with van der Waals surface area (Å²) in [5, 5.41) is 0. The summed E-state index contributed by atoms with van der Waals surface area (Å²) in [4.78, 5) is 24.7. The van der Waals surface area contributed by atoms with Crippen LogP contribution >= 0.6 is 11.6 Å². The van der Waals surface area contributed by atoms with Gasteiger partial charge < -0.3 is 4.90 Å². The first-order valence-corrected chi connectivity index (χ1v) is 7.28. The fraction of sp³-hybridized carbons (Fsp3) is 0.846. The van der Waals surface area contributed by atoms with E-state index in [1.165, 1.54) is 0 Å². The third kappa shape index (κ3) is 2.91. The summed E-state index contributed by atoms with van der Waals surface area (Å²) >= 11 is 5.54. The van der Waals surface area contributed by atoms with Crippen LogP contribution in [0.3, 0.4) is 0 Å². The third-order valence-electron chi connectivity index (χ3n) is 4.32. The second-order valence-electron chi connectivity index (χ2n) is 5.35. The topological polar surface area (TPSA) is 37.4 Å². The van der Waals surface area contributed by atoms with E-state index in [0.29, 0.717) is 6.42 Å². The molecule has 0 N–H and O–H groups in total. The van der Waals surface area contributed by atoms with E-state index in [9.17, 15) is 18.4 Å². The number of halogens is 3. The molecule has 0 radical (unpaired) electrons. The molecule has 108 valence electrons. The molecule has 0 aromatic heterocycles. The molecule has 3 nitrogen and oxygen atoms in total. The predicted molar refractivity (Wildman–Crippen MR) is 67.3 cm³/mol. The van der Waals surface area contributed by atoms with Crippen molar-refractivity contribution in [2.24, 2.45) is 5.92 Å². The van der Waals surface area contributed by atoms with Gasteiger partial charge >= 0.3 is 6.43 Å². The van der Waals surface area contributed by atoms with Crippen LogP contribution in [0.25, 0.3) is 0 Å². The molecule has 0 aromatic carbocycles. The van der Waals surface area contributed by atoms with Crippen molar-refractivity contribution in [2.75, 3.05) is 5.88 Å². The Bertz CT molecular complexity index is 365. The van der Waals surface area contributed by atoms with Gasteiger partial charge in [0.05, 0.1) is 11.9 Å². The first kappa shape index (κ1) is 14.7. The monoisotopic (exact) mass is 293 g/mol. The van der Waals surface area contributed by atoms with Gasteiger partial charge in [-0.15, -0.1) is 11.6 Å². The maximum absolute atomic E-state index is 12.8. The van der Waals surface area contributed by atoms with Gasteiger partial charge in [0.15, 0.2) is 5.78 Å². The Kier molecular flexibility index (Phi) is 4.76. The van der Waals surface area contributed by atoms with Gasteiger partial charge in [-0.1, -0.05) is 12.8 Å². The number of rotatable bonds is 3. The van der Waals surface area contributed by atoms with Gasteiger partial charge in [-0.25, -0.2) is 0 Å². The molecule has 0 bridgehead atoms. The number of fused-ring (bicyclic) bond motifs is 1. The van der Waals surface area contributed by atoms with Crippen LogP contribution in [0.2, 0.25) is 0 Å². The van der Waals surface area contributed by atoms with Crippen LogP contribution in [0.1, 0.15) is 38.5 Å². The van der Waals surface area contributed by atoms with Crippen LogP contribution in [0.15, 0.2) is 0 Å². The quantitative estimate of drug-likeness (QED) is 0.750. The van der Waals surface area contributed by atoms with Crippen molar-refractivity contribution in [3.05, 3.63) is 0 Å². The summed E-state index contributed by atoms with van der Waals surface area (Å²) in [6.07, 6.45) is 1.92. The zero-order valence-corrected chi connectivity index (χ0v) is 11.4. The fourth-order valence-corrected chi connectivity index (χ4v) is 3.65. The standard InChI is InChI=1S/C13H18ClF2NO2/c14-7-11(18)10-6-5-8-3-1-2-4-9(8)17(10)13(19)12(15)16/h8-10,12H,1-7H2. The van der Waals surface area contributed by atoms with Crippen LogP contribution in [0.4, 0.5) is 8.78 Å². The Morgan fingerprint density at radius 3 is 2.47 bits per heavy atom. The highest BCUT2D eigenvalue weighted by molar-refractivity contribution is 6.28. The van der Waals surface area contributed by atoms with Crippen LogP contribution in [-0.4, -0.2) is 41.0 Å². The second kappa shape index (κ2) is 6.16. The molecule has 1 saturated carbocycles. The molecule has 1 amide bonds.